The third kappa shape index (κ3) is 5.65. The van der Waals surface area contributed by atoms with Crippen LogP contribution in [0, 0.1) is 12.8 Å². The molecule has 36 heavy (non-hydrogen) atoms. The molecular formula is C30H31NO5. The van der Waals surface area contributed by atoms with Gasteiger partial charge < -0.3 is 14.4 Å². The third-order valence-corrected chi connectivity index (χ3v) is 6.35. The van der Waals surface area contributed by atoms with Crippen LogP contribution in [-0.2, 0) is 14.3 Å². The molecule has 0 spiro atoms. The first-order valence-corrected chi connectivity index (χ1v) is 12.2. The van der Waals surface area contributed by atoms with Gasteiger partial charge in [0.1, 0.15) is 11.5 Å². The van der Waals surface area contributed by atoms with E-state index in [9.17, 15) is 14.4 Å². The summed E-state index contributed by atoms with van der Waals surface area (Å²) in [5, 5.41) is 0. The van der Waals surface area contributed by atoms with Gasteiger partial charge in [0.2, 0.25) is 11.7 Å². The van der Waals surface area contributed by atoms with E-state index in [4.69, 9.17) is 9.47 Å². The number of hydrogen-bond donors (Lipinski definition) is 0. The van der Waals surface area contributed by atoms with Gasteiger partial charge in [0.25, 0.3) is 0 Å². The number of esters is 1. The predicted molar refractivity (Wildman–Crippen MR) is 139 cm³/mol. The summed E-state index contributed by atoms with van der Waals surface area (Å²) in [6, 6.07) is 22.1. The van der Waals surface area contributed by atoms with E-state index in [-0.39, 0.29) is 24.7 Å². The summed E-state index contributed by atoms with van der Waals surface area (Å²) in [6.45, 7) is 8.04. The number of aryl methyl sites for hydroxylation is 1. The zero-order chi connectivity index (χ0) is 25.8. The number of benzene rings is 3. The van der Waals surface area contributed by atoms with Crippen LogP contribution in [0.2, 0.25) is 0 Å². The van der Waals surface area contributed by atoms with Gasteiger partial charge in [-0.25, -0.2) is 0 Å². The highest BCUT2D eigenvalue weighted by molar-refractivity contribution is 6.02. The Morgan fingerprint density at radius 3 is 2.31 bits per heavy atom. The van der Waals surface area contributed by atoms with Crippen molar-refractivity contribution in [1.29, 1.82) is 0 Å². The van der Waals surface area contributed by atoms with Crippen molar-refractivity contribution >= 4 is 23.3 Å². The summed E-state index contributed by atoms with van der Waals surface area (Å²) in [4.78, 5) is 39.5. The Hall–Kier alpha value is -3.93. The number of ether oxygens (including phenoxy) is 2. The lowest BCUT2D eigenvalue weighted by atomic mass is 10.0. The molecule has 0 bridgehead atoms. The molecule has 1 saturated heterocycles. The van der Waals surface area contributed by atoms with Gasteiger partial charge >= 0.3 is 5.97 Å². The van der Waals surface area contributed by atoms with Crippen molar-refractivity contribution in [1.82, 2.24) is 0 Å². The molecule has 3 aromatic carbocycles. The number of carbonyl (C=O) groups is 3. The second-order valence-corrected chi connectivity index (χ2v) is 9.51. The smallest absolute Gasteiger partial charge is 0.312 e. The van der Waals surface area contributed by atoms with Crippen molar-refractivity contribution in [3.8, 4) is 11.5 Å². The van der Waals surface area contributed by atoms with E-state index in [1.807, 2.05) is 43.3 Å². The van der Waals surface area contributed by atoms with Crippen LogP contribution in [0.1, 0.15) is 54.6 Å². The lowest BCUT2D eigenvalue weighted by Gasteiger charge is -2.19. The van der Waals surface area contributed by atoms with Gasteiger partial charge in [0.05, 0.1) is 5.92 Å². The molecule has 1 amide bonds. The Morgan fingerprint density at radius 1 is 0.944 bits per heavy atom. The van der Waals surface area contributed by atoms with Gasteiger partial charge in [-0.2, -0.15) is 0 Å². The average Bonchev–Trinajstić information content (AvgIpc) is 3.26. The van der Waals surface area contributed by atoms with Crippen LogP contribution >= 0.6 is 0 Å². The van der Waals surface area contributed by atoms with Crippen LogP contribution in [0.15, 0.2) is 72.8 Å². The summed E-state index contributed by atoms with van der Waals surface area (Å²) in [5.41, 5.74) is 3.41. The fraction of sp³-hybridized carbons (Fsp3) is 0.300. The summed E-state index contributed by atoms with van der Waals surface area (Å²) in [5.74, 6) is 0.218. The minimum Gasteiger partial charge on any atom is -0.457 e. The van der Waals surface area contributed by atoms with Crippen LogP contribution in [0.25, 0.3) is 0 Å². The first kappa shape index (κ1) is 25.2. The van der Waals surface area contributed by atoms with Gasteiger partial charge in [-0.1, -0.05) is 56.3 Å². The molecule has 1 heterocycles. The van der Waals surface area contributed by atoms with E-state index in [0.717, 1.165) is 16.9 Å². The topological polar surface area (TPSA) is 72.9 Å². The molecular weight excluding hydrogens is 454 g/mol. The molecule has 2 atom stereocenters. The molecule has 1 aliphatic rings. The molecule has 0 unspecified atom stereocenters. The standard InChI is InChI=1S/C30H31NO5/c1-19(2)26-15-10-20(3)16-27(26)36-25-13-11-24(12-14-25)31-18-23(17-28(31)32)30(34)35-21(4)29(33)22-8-6-5-7-9-22/h5-16,19,21,23H,17-18H2,1-4H3/t21-,23+/m0/s1. The van der Waals surface area contributed by atoms with Crippen LogP contribution in [0.5, 0.6) is 11.5 Å². The van der Waals surface area contributed by atoms with Crippen molar-refractivity contribution in [3.05, 3.63) is 89.5 Å². The fourth-order valence-electron chi connectivity index (χ4n) is 4.30. The molecule has 0 N–H and O–H groups in total. The van der Waals surface area contributed by atoms with Crippen LogP contribution in [0.3, 0.4) is 0 Å². The molecule has 6 nitrogen and oxygen atoms in total. The molecule has 0 radical (unpaired) electrons. The molecule has 4 rings (SSSR count). The Kier molecular flexibility index (Phi) is 7.53. The largest absolute Gasteiger partial charge is 0.457 e. The van der Waals surface area contributed by atoms with Crippen LogP contribution in [-0.4, -0.2) is 30.3 Å². The highest BCUT2D eigenvalue weighted by Gasteiger charge is 2.37. The molecule has 0 aliphatic carbocycles. The van der Waals surface area contributed by atoms with E-state index in [1.54, 1.807) is 36.1 Å². The maximum absolute atomic E-state index is 12.7. The van der Waals surface area contributed by atoms with Crippen molar-refractivity contribution in [2.75, 3.05) is 11.4 Å². The second kappa shape index (κ2) is 10.8. The number of rotatable bonds is 8. The van der Waals surface area contributed by atoms with E-state index in [2.05, 4.69) is 26.0 Å². The van der Waals surface area contributed by atoms with Gasteiger partial charge in [-0.05, 0) is 61.2 Å². The lowest BCUT2D eigenvalue weighted by molar-refractivity contribution is -0.151. The van der Waals surface area contributed by atoms with Gasteiger partial charge in [0.15, 0.2) is 6.10 Å². The van der Waals surface area contributed by atoms with Gasteiger partial charge in [0, 0.05) is 24.2 Å². The lowest BCUT2D eigenvalue weighted by Crippen LogP contribution is -2.30. The van der Waals surface area contributed by atoms with Gasteiger partial charge in [-0.3, -0.25) is 14.4 Å². The highest BCUT2D eigenvalue weighted by atomic mass is 16.5. The van der Waals surface area contributed by atoms with Crippen LogP contribution in [0.4, 0.5) is 5.69 Å². The molecule has 3 aromatic rings. The number of nitrogens with zero attached hydrogens (tertiary/aromatic N) is 1. The van der Waals surface area contributed by atoms with Crippen LogP contribution < -0.4 is 9.64 Å². The average molecular weight is 486 g/mol. The zero-order valence-electron chi connectivity index (χ0n) is 21.1. The SMILES string of the molecule is Cc1ccc(C(C)C)c(Oc2ccc(N3C[C@H](C(=O)O[C@@H](C)C(=O)c4ccccc4)CC3=O)cc2)c1. The van der Waals surface area contributed by atoms with E-state index in [0.29, 0.717) is 22.9 Å². The van der Waals surface area contributed by atoms with E-state index in [1.165, 1.54) is 0 Å². The monoisotopic (exact) mass is 485 g/mol. The summed E-state index contributed by atoms with van der Waals surface area (Å²) < 4.78 is 11.6. The van der Waals surface area contributed by atoms with E-state index >= 15 is 0 Å². The number of Topliss-reactive ketones (excluding diaryl/α,β-unsaturated/α-hetero) is 1. The molecule has 1 aliphatic heterocycles. The Bertz CT molecular complexity index is 1250. The summed E-state index contributed by atoms with van der Waals surface area (Å²) in [7, 11) is 0. The highest BCUT2D eigenvalue weighted by Crippen LogP contribution is 2.33. The van der Waals surface area contributed by atoms with Crippen molar-refractivity contribution < 1.29 is 23.9 Å². The number of anilines is 1. The van der Waals surface area contributed by atoms with Gasteiger partial charge in [-0.15, -0.1) is 0 Å². The maximum atomic E-state index is 12.7. The molecule has 6 heteroatoms. The van der Waals surface area contributed by atoms with E-state index < -0.39 is 18.0 Å². The quantitative estimate of drug-likeness (QED) is 0.286. The first-order valence-electron chi connectivity index (χ1n) is 12.2. The maximum Gasteiger partial charge on any atom is 0.312 e. The van der Waals surface area contributed by atoms with Crippen molar-refractivity contribution in [3.63, 3.8) is 0 Å². The Labute approximate surface area is 211 Å². The molecule has 0 saturated carbocycles. The number of ketones is 1. The fourth-order valence-corrected chi connectivity index (χ4v) is 4.30. The first-order chi connectivity index (χ1) is 17.2. The summed E-state index contributed by atoms with van der Waals surface area (Å²) in [6.07, 6.45) is -0.873. The second-order valence-electron chi connectivity index (χ2n) is 9.51. The normalized spacial score (nSPS) is 16.2. The minimum absolute atomic E-state index is 0.0460. The van der Waals surface area contributed by atoms with Crippen molar-refractivity contribution in [2.24, 2.45) is 5.92 Å². The Balaban J connectivity index is 1.39. The third-order valence-electron chi connectivity index (χ3n) is 6.35. The Morgan fingerprint density at radius 2 is 1.64 bits per heavy atom. The number of amides is 1. The molecule has 186 valence electrons. The zero-order valence-corrected chi connectivity index (χ0v) is 21.1. The predicted octanol–water partition coefficient (Wildman–Crippen LogP) is 6.08. The van der Waals surface area contributed by atoms with Crippen molar-refractivity contribution in [2.45, 2.75) is 46.1 Å². The number of hydrogen-bond acceptors (Lipinski definition) is 5. The molecule has 0 aromatic heterocycles. The number of carbonyl (C=O) groups excluding carboxylic acids is 3. The summed E-state index contributed by atoms with van der Waals surface area (Å²) >= 11 is 0. The minimum atomic E-state index is -0.919. The molecule has 1 fully saturated rings.